The predicted molar refractivity (Wildman–Crippen MR) is 80.2 cm³/mol. The molecule has 2 atom stereocenters. The zero-order chi connectivity index (χ0) is 15.2. The molecule has 6 heteroatoms. The highest BCUT2D eigenvalue weighted by Crippen LogP contribution is 2.42. The summed E-state index contributed by atoms with van der Waals surface area (Å²) < 4.78 is 0. The molecule has 3 rings (SSSR count). The van der Waals surface area contributed by atoms with E-state index in [0.717, 1.165) is 11.2 Å². The molecule has 1 fully saturated rings. The zero-order valence-corrected chi connectivity index (χ0v) is 11.9. The molecule has 0 aliphatic heterocycles. The Kier molecular flexibility index (Phi) is 3.06. The standard InChI is InChI=1S/C15H17N3O3/c1-15(2)12(8-13(15)19)17-14-6-3-9-7-10(18(20)21)4-5-11(9)16-14/h3-7,12-13,19H,8H2,1-2H3,(H,16,17). The van der Waals surface area contributed by atoms with E-state index in [-0.39, 0.29) is 23.2 Å². The van der Waals surface area contributed by atoms with Crippen LogP contribution in [0.2, 0.25) is 0 Å². The van der Waals surface area contributed by atoms with Crippen molar-refractivity contribution < 1.29 is 10.0 Å². The first-order chi connectivity index (χ1) is 9.88. The highest BCUT2D eigenvalue weighted by atomic mass is 16.6. The molecule has 2 N–H and O–H groups in total. The second-order valence-corrected chi connectivity index (χ2v) is 6.10. The second-order valence-electron chi connectivity index (χ2n) is 6.10. The molecule has 0 bridgehead atoms. The van der Waals surface area contributed by atoms with Gasteiger partial charge in [-0.15, -0.1) is 0 Å². The van der Waals surface area contributed by atoms with Gasteiger partial charge in [0.25, 0.3) is 5.69 Å². The lowest BCUT2D eigenvalue weighted by molar-refractivity contribution is -0.384. The summed E-state index contributed by atoms with van der Waals surface area (Å²) in [5.41, 5.74) is 0.600. The van der Waals surface area contributed by atoms with Gasteiger partial charge >= 0.3 is 0 Å². The molecule has 1 aromatic carbocycles. The molecule has 110 valence electrons. The van der Waals surface area contributed by atoms with Crippen LogP contribution in [0.1, 0.15) is 20.3 Å². The quantitative estimate of drug-likeness (QED) is 0.669. The molecular formula is C15H17N3O3. The van der Waals surface area contributed by atoms with Crippen molar-refractivity contribution in [3.8, 4) is 0 Å². The molecule has 2 aromatic rings. The van der Waals surface area contributed by atoms with Crippen LogP contribution in [0.3, 0.4) is 0 Å². The monoisotopic (exact) mass is 287 g/mol. The van der Waals surface area contributed by atoms with E-state index in [1.165, 1.54) is 12.1 Å². The number of non-ortho nitro benzene ring substituents is 1. The average molecular weight is 287 g/mol. The van der Waals surface area contributed by atoms with Crippen LogP contribution >= 0.6 is 0 Å². The summed E-state index contributed by atoms with van der Waals surface area (Å²) in [7, 11) is 0. The number of nitro benzene ring substituents is 1. The van der Waals surface area contributed by atoms with Gasteiger partial charge in [-0.05, 0) is 24.6 Å². The Morgan fingerprint density at radius 2 is 2.14 bits per heavy atom. The molecule has 21 heavy (non-hydrogen) atoms. The summed E-state index contributed by atoms with van der Waals surface area (Å²) in [6.07, 6.45) is 0.408. The van der Waals surface area contributed by atoms with E-state index in [2.05, 4.69) is 10.3 Å². The van der Waals surface area contributed by atoms with Crippen molar-refractivity contribution in [3.63, 3.8) is 0 Å². The summed E-state index contributed by atoms with van der Waals surface area (Å²) in [5, 5.41) is 24.6. The molecule has 1 saturated carbocycles. The molecule has 0 saturated heterocycles. The normalized spacial score (nSPS) is 23.6. The van der Waals surface area contributed by atoms with E-state index in [1.54, 1.807) is 6.07 Å². The van der Waals surface area contributed by atoms with Gasteiger partial charge < -0.3 is 10.4 Å². The van der Waals surface area contributed by atoms with E-state index in [0.29, 0.717) is 11.9 Å². The van der Waals surface area contributed by atoms with E-state index >= 15 is 0 Å². The molecule has 1 aliphatic rings. The van der Waals surface area contributed by atoms with Crippen LogP contribution in [-0.4, -0.2) is 27.2 Å². The average Bonchev–Trinajstić information content (AvgIpc) is 2.46. The first kappa shape index (κ1) is 13.8. The molecule has 6 nitrogen and oxygen atoms in total. The third kappa shape index (κ3) is 2.31. The Hall–Kier alpha value is -2.21. The fourth-order valence-electron chi connectivity index (χ4n) is 2.63. The highest BCUT2D eigenvalue weighted by Gasteiger charge is 2.47. The van der Waals surface area contributed by atoms with E-state index < -0.39 is 4.92 Å². The Morgan fingerprint density at radius 3 is 2.76 bits per heavy atom. The lowest BCUT2D eigenvalue weighted by Gasteiger charge is -2.49. The van der Waals surface area contributed by atoms with Crippen LogP contribution in [0.15, 0.2) is 30.3 Å². The Balaban J connectivity index is 1.85. The number of nitrogens with zero attached hydrogens (tertiary/aromatic N) is 2. The molecule has 0 spiro atoms. The topological polar surface area (TPSA) is 88.3 Å². The Bertz CT molecular complexity index is 714. The van der Waals surface area contributed by atoms with Crippen molar-refractivity contribution in [1.82, 2.24) is 4.98 Å². The largest absolute Gasteiger partial charge is 0.392 e. The number of benzene rings is 1. The molecule has 1 aliphatic carbocycles. The Labute approximate surface area is 122 Å². The third-order valence-corrected chi connectivity index (χ3v) is 4.42. The van der Waals surface area contributed by atoms with Crippen LogP contribution in [0.25, 0.3) is 10.9 Å². The summed E-state index contributed by atoms with van der Waals surface area (Å²) in [6.45, 7) is 4.03. The molecule has 1 heterocycles. The predicted octanol–water partition coefficient (Wildman–Crippen LogP) is 2.71. The number of anilines is 1. The lowest BCUT2D eigenvalue weighted by Crippen LogP contribution is -2.57. The smallest absolute Gasteiger partial charge is 0.270 e. The maximum atomic E-state index is 10.8. The number of pyridine rings is 1. The van der Waals surface area contributed by atoms with Crippen molar-refractivity contribution in [2.24, 2.45) is 5.41 Å². The van der Waals surface area contributed by atoms with E-state index in [9.17, 15) is 15.2 Å². The van der Waals surface area contributed by atoms with Crippen molar-refractivity contribution in [1.29, 1.82) is 0 Å². The molecule has 0 amide bonds. The molecule has 1 aromatic heterocycles. The maximum absolute atomic E-state index is 10.8. The van der Waals surface area contributed by atoms with Crippen LogP contribution in [0, 0.1) is 15.5 Å². The van der Waals surface area contributed by atoms with Gasteiger partial charge in [-0.1, -0.05) is 13.8 Å². The number of hydrogen-bond acceptors (Lipinski definition) is 5. The number of aliphatic hydroxyl groups excluding tert-OH is 1. The number of fused-ring (bicyclic) bond motifs is 1. The van der Waals surface area contributed by atoms with Crippen LogP contribution in [-0.2, 0) is 0 Å². The SMILES string of the molecule is CC1(C)C(O)CC1Nc1ccc2cc([N+](=O)[O-])ccc2n1. The Morgan fingerprint density at radius 1 is 1.38 bits per heavy atom. The van der Waals surface area contributed by atoms with Gasteiger partial charge in [0.1, 0.15) is 5.82 Å². The number of nitro groups is 1. The highest BCUT2D eigenvalue weighted by molar-refractivity contribution is 5.82. The van der Waals surface area contributed by atoms with E-state index in [4.69, 9.17) is 0 Å². The van der Waals surface area contributed by atoms with Crippen molar-refractivity contribution in [2.45, 2.75) is 32.4 Å². The van der Waals surface area contributed by atoms with E-state index in [1.807, 2.05) is 26.0 Å². The van der Waals surface area contributed by atoms with Crippen LogP contribution in [0.5, 0.6) is 0 Å². The van der Waals surface area contributed by atoms with Gasteiger partial charge in [0.2, 0.25) is 0 Å². The van der Waals surface area contributed by atoms with Crippen molar-refractivity contribution in [2.75, 3.05) is 5.32 Å². The number of aliphatic hydroxyl groups is 1. The number of aromatic nitrogens is 1. The molecule has 0 radical (unpaired) electrons. The third-order valence-electron chi connectivity index (χ3n) is 4.42. The minimum Gasteiger partial charge on any atom is -0.392 e. The summed E-state index contributed by atoms with van der Waals surface area (Å²) in [5.74, 6) is 0.723. The van der Waals surface area contributed by atoms with Gasteiger partial charge in [0.15, 0.2) is 0 Å². The van der Waals surface area contributed by atoms with Crippen LogP contribution in [0.4, 0.5) is 11.5 Å². The number of hydrogen-bond donors (Lipinski definition) is 2. The number of rotatable bonds is 3. The van der Waals surface area contributed by atoms with Crippen molar-refractivity contribution in [3.05, 3.63) is 40.4 Å². The first-order valence-electron chi connectivity index (χ1n) is 6.88. The molecule has 2 unspecified atom stereocenters. The fourth-order valence-corrected chi connectivity index (χ4v) is 2.63. The lowest BCUT2D eigenvalue weighted by atomic mass is 9.64. The fraction of sp³-hybridized carbons (Fsp3) is 0.400. The van der Waals surface area contributed by atoms with Crippen LogP contribution < -0.4 is 5.32 Å². The van der Waals surface area contributed by atoms with Gasteiger partial charge in [0.05, 0.1) is 16.5 Å². The zero-order valence-electron chi connectivity index (χ0n) is 11.9. The minimum atomic E-state index is -0.413. The van der Waals surface area contributed by atoms with Gasteiger partial charge in [-0.25, -0.2) is 4.98 Å². The van der Waals surface area contributed by atoms with Gasteiger partial charge in [0, 0.05) is 29.0 Å². The number of nitrogens with one attached hydrogen (secondary N) is 1. The minimum absolute atomic E-state index is 0.0632. The summed E-state index contributed by atoms with van der Waals surface area (Å²) >= 11 is 0. The first-order valence-corrected chi connectivity index (χ1v) is 6.88. The van der Waals surface area contributed by atoms with Crippen molar-refractivity contribution >= 4 is 22.4 Å². The van der Waals surface area contributed by atoms with Gasteiger partial charge in [-0.2, -0.15) is 0 Å². The summed E-state index contributed by atoms with van der Waals surface area (Å²) in [4.78, 5) is 14.8. The maximum Gasteiger partial charge on any atom is 0.270 e. The molecular weight excluding hydrogens is 270 g/mol. The van der Waals surface area contributed by atoms with Gasteiger partial charge in [-0.3, -0.25) is 10.1 Å². The summed E-state index contributed by atoms with van der Waals surface area (Å²) in [6, 6.07) is 8.43. The second kappa shape index (κ2) is 4.66.